The summed E-state index contributed by atoms with van der Waals surface area (Å²) in [6.07, 6.45) is 3.93. The number of nitrogens with one attached hydrogen (secondary N) is 1. The predicted octanol–water partition coefficient (Wildman–Crippen LogP) is 4.20. The zero-order valence-corrected chi connectivity index (χ0v) is 12.6. The summed E-state index contributed by atoms with van der Waals surface area (Å²) in [5.41, 5.74) is 4.51. The van der Waals surface area contributed by atoms with Gasteiger partial charge in [-0.15, -0.1) is 0 Å². The molecule has 0 fully saturated rings. The van der Waals surface area contributed by atoms with Crippen molar-refractivity contribution in [1.29, 1.82) is 5.26 Å². The molecule has 21 heavy (non-hydrogen) atoms. The number of anilines is 2. The normalized spacial score (nSPS) is 10.3. The summed E-state index contributed by atoms with van der Waals surface area (Å²) in [4.78, 5) is 8.72. The molecule has 0 unspecified atom stereocenters. The van der Waals surface area contributed by atoms with Gasteiger partial charge in [-0.2, -0.15) is 5.26 Å². The number of fused-ring (bicyclic) bond motifs is 1. The zero-order chi connectivity index (χ0) is 14.7. The summed E-state index contributed by atoms with van der Waals surface area (Å²) in [6, 6.07) is 13.8. The van der Waals surface area contributed by atoms with Gasteiger partial charge in [-0.3, -0.25) is 9.97 Å². The number of benzene rings is 1. The molecule has 102 valence electrons. The minimum atomic E-state index is 0.425. The van der Waals surface area contributed by atoms with Gasteiger partial charge in [-0.25, -0.2) is 0 Å². The highest BCUT2D eigenvalue weighted by atomic mass is 79.9. The first kappa shape index (κ1) is 13.5. The lowest BCUT2D eigenvalue weighted by atomic mass is 10.1. The summed E-state index contributed by atoms with van der Waals surface area (Å²) in [5.74, 6) is 0. The fraction of sp³-hybridized carbons (Fsp3) is 0.0625. The van der Waals surface area contributed by atoms with Gasteiger partial charge in [0.1, 0.15) is 5.52 Å². The SMILES string of the molecule is N#CCc1ccc(Nc2ccnc3cc(Br)cnc23)cc1. The summed E-state index contributed by atoms with van der Waals surface area (Å²) < 4.78 is 0.903. The van der Waals surface area contributed by atoms with Gasteiger partial charge in [0.05, 0.1) is 23.7 Å². The maximum atomic E-state index is 8.68. The third-order valence-electron chi connectivity index (χ3n) is 3.06. The van der Waals surface area contributed by atoms with Crippen LogP contribution in [0.4, 0.5) is 11.4 Å². The Hall–Kier alpha value is -2.45. The lowest BCUT2D eigenvalue weighted by Gasteiger charge is -2.09. The first-order valence-electron chi connectivity index (χ1n) is 6.39. The number of rotatable bonds is 3. The molecule has 0 spiro atoms. The molecule has 1 aromatic carbocycles. The molecule has 0 amide bonds. The van der Waals surface area contributed by atoms with Crippen LogP contribution in [0, 0.1) is 11.3 Å². The summed E-state index contributed by atoms with van der Waals surface area (Å²) in [7, 11) is 0. The minimum absolute atomic E-state index is 0.425. The lowest BCUT2D eigenvalue weighted by molar-refractivity contribution is 1.26. The average Bonchev–Trinajstić information content (AvgIpc) is 2.49. The van der Waals surface area contributed by atoms with Gasteiger partial charge in [0.25, 0.3) is 0 Å². The maximum Gasteiger partial charge on any atom is 0.112 e. The van der Waals surface area contributed by atoms with Crippen LogP contribution in [-0.4, -0.2) is 9.97 Å². The van der Waals surface area contributed by atoms with Crippen molar-refractivity contribution in [2.24, 2.45) is 0 Å². The summed E-state index contributed by atoms with van der Waals surface area (Å²) in [6.45, 7) is 0. The Bertz CT molecular complexity index is 822. The fourth-order valence-electron chi connectivity index (χ4n) is 2.06. The first-order chi connectivity index (χ1) is 10.3. The number of halogens is 1. The molecular formula is C16H11BrN4. The van der Waals surface area contributed by atoms with Gasteiger partial charge in [0.15, 0.2) is 0 Å². The van der Waals surface area contributed by atoms with Crippen LogP contribution in [0.2, 0.25) is 0 Å². The smallest absolute Gasteiger partial charge is 0.112 e. The van der Waals surface area contributed by atoms with Gasteiger partial charge >= 0.3 is 0 Å². The van der Waals surface area contributed by atoms with E-state index in [1.165, 1.54) is 0 Å². The van der Waals surface area contributed by atoms with Crippen molar-refractivity contribution in [2.75, 3.05) is 5.32 Å². The van der Waals surface area contributed by atoms with Crippen LogP contribution in [0.15, 0.2) is 53.3 Å². The molecule has 5 heteroatoms. The van der Waals surface area contributed by atoms with Gasteiger partial charge in [-0.1, -0.05) is 12.1 Å². The van der Waals surface area contributed by atoms with E-state index in [0.717, 1.165) is 32.4 Å². The van der Waals surface area contributed by atoms with E-state index < -0.39 is 0 Å². The van der Waals surface area contributed by atoms with Crippen LogP contribution in [-0.2, 0) is 6.42 Å². The molecule has 0 aliphatic carbocycles. The highest BCUT2D eigenvalue weighted by Crippen LogP contribution is 2.25. The Balaban J connectivity index is 1.93. The van der Waals surface area contributed by atoms with E-state index in [9.17, 15) is 0 Å². The van der Waals surface area contributed by atoms with Gasteiger partial charge in [0, 0.05) is 22.6 Å². The number of hydrogen-bond acceptors (Lipinski definition) is 4. The number of pyridine rings is 2. The molecule has 2 heterocycles. The zero-order valence-electron chi connectivity index (χ0n) is 11.0. The molecule has 0 bridgehead atoms. The largest absolute Gasteiger partial charge is 0.354 e. The average molecular weight is 339 g/mol. The molecule has 3 rings (SSSR count). The predicted molar refractivity (Wildman–Crippen MR) is 86.3 cm³/mol. The lowest BCUT2D eigenvalue weighted by Crippen LogP contribution is -1.94. The number of aromatic nitrogens is 2. The maximum absolute atomic E-state index is 8.68. The minimum Gasteiger partial charge on any atom is -0.354 e. The van der Waals surface area contributed by atoms with Crippen molar-refractivity contribution < 1.29 is 0 Å². The standard InChI is InChI=1S/C16H11BrN4/c17-12-9-15-16(20-10-12)14(6-8-19-15)21-13-3-1-11(2-4-13)5-7-18/h1-4,6,8-10H,5H2,(H,19,21). The van der Waals surface area contributed by atoms with Crippen LogP contribution >= 0.6 is 15.9 Å². The Morgan fingerprint density at radius 2 is 1.95 bits per heavy atom. The number of nitriles is 1. The molecule has 0 aliphatic rings. The van der Waals surface area contributed by atoms with Crippen molar-refractivity contribution in [3.05, 3.63) is 58.8 Å². The van der Waals surface area contributed by atoms with Gasteiger partial charge in [0.2, 0.25) is 0 Å². The summed E-state index contributed by atoms with van der Waals surface area (Å²) >= 11 is 3.40. The second kappa shape index (κ2) is 5.90. The van der Waals surface area contributed by atoms with Crippen molar-refractivity contribution in [2.45, 2.75) is 6.42 Å². The topological polar surface area (TPSA) is 61.6 Å². The molecule has 3 aromatic rings. The van der Waals surface area contributed by atoms with Crippen molar-refractivity contribution in [3.63, 3.8) is 0 Å². The third-order valence-corrected chi connectivity index (χ3v) is 3.49. The Morgan fingerprint density at radius 3 is 2.71 bits per heavy atom. The Kier molecular flexibility index (Phi) is 3.80. The van der Waals surface area contributed by atoms with E-state index in [4.69, 9.17) is 5.26 Å². The van der Waals surface area contributed by atoms with E-state index >= 15 is 0 Å². The summed E-state index contributed by atoms with van der Waals surface area (Å²) in [5, 5.41) is 12.0. The molecule has 0 radical (unpaired) electrons. The molecule has 4 nitrogen and oxygen atoms in total. The Labute approximate surface area is 130 Å². The highest BCUT2D eigenvalue weighted by molar-refractivity contribution is 9.10. The van der Waals surface area contributed by atoms with Crippen molar-refractivity contribution in [3.8, 4) is 6.07 Å². The van der Waals surface area contributed by atoms with Crippen LogP contribution in [0.5, 0.6) is 0 Å². The van der Waals surface area contributed by atoms with E-state index in [1.54, 1.807) is 12.4 Å². The highest BCUT2D eigenvalue weighted by Gasteiger charge is 2.04. The van der Waals surface area contributed by atoms with Crippen molar-refractivity contribution in [1.82, 2.24) is 9.97 Å². The van der Waals surface area contributed by atoms with Crippen LogP contribution in [0.25, 0.3) is 11.0 Å². The van der Waals surface area contributed by atoms with E-state index in [2.05, 4.69) is 37.3 Å². The van der Waals surface area contributed by atoms with Crippen LogP contribution in [0.1, 0.15) is 5.56 Å². The number of nitrogens with zero attached hydrogens (tertiary/aromatic N) is 3. The van der Waals surface area contributed by atoms with Gasteiger partial charge < -0.3 is 5.32 Å². The van der Waals surface area contributed by atoms with E-state index in [0.29, 0.717) is 6.42 Å². The molecule has 0 aliphatic heterocycles. The van der Waals surface area contributed by atoms with E-state index in [1.807, 2.05) is 36.4 Å². The van der Waals surface area contributed by atoms with Crippen LogP contribution < -0.4 is 5.32 Å². The monoisotopic (exact) mass is 338 g/mol. The van der Waals surface area contributed by atoms with Gasteiger partial charge in [-0.05, 0) is 45.8 Å². The first-order valence-corrected chi connectivity index (χ1v) is 7.19. The van der Waals surface area contributed by atoms with Crippen LogP contribution in [0.3, 0.4) is 0 Å². The molecule has 2 aromatic heterocycles. The molecule has 0 saturated heterocycles. The molecular weight excluding hydrogens is 328 g/mol. The third kappa shape index (κ3) is 3.01. The Morgan fingerprint density at radius 1 is 1.14 bits per heavy atom. The number of hydrogen-bond donors (Lipinski definition) is 1. The van der Waals surface area contributed by atoms with Crippen molar-refractivity contribution >= 4 is 38.3 Å². The second-order valence-corrected chi connectivity index (χ2v) is 5.45. The quantitative estimate of drug-likeness (QED) is 0.777. The molecule has 0 atom stereocenters. The second-order valence-electron chi connectivity index (χ2n) is 4.54. The fourth-order valence-corrected chi connectivity index (χ4v) is 2.38. The molecule has 1 N–H and O–H groups in total. The van der Waals surface area contributed by atoms with E-state index in [-0.39, 0.29) is 0 Å². The molecule has 0 saturated carbocycles.